The molecular formula is C30H33N3O3. The zero-order valence-corrected chi connectivity index (χ0v) is 21.2. The lowest BCUT2D eigenvalue weighted by atomic mass is 10.1. The largest absolute Gasteiger partial charge is 0.497 e. The highest BCUT2D eigenvalue weighted by Gasteiger charge is 2.35. The maximum atomic E-state index is 13.1. The maximum Gasteiger partial charge on any atom is 0.227 e. The number of imidazole rings is 1. The summed E-state index contributed by atoms with van der Waals surface area (Å²) in [4.78, 5) is 20.0. The predicted molar refractivity (Wildman–Crippen MR) is 143 cm³/mol. The van der Waals surface area contributed by atoms with E-state index in [2.05, 4.69) is 54.8 Å². The van der Waals surface area contributed by atoms with Crippen LogP contribution in [0.4, 0.5) is 5.69 Å². The number of unbranched alkanes of at least 4 members (excludes halogenated alkanes) is 1. The molecule has 2 heterocycles. The lowest BCUT2D eigenvalue weighted by Crippen LogP contribution is -2.25. The number of ether oxygens (including phenoxy) is 2. The van der Waals surface area contributed by atoms with Crippen molar-refractivity contribution in [2.24, 2.45) is 0 Å². The second-order valence-corrected chi connectivity index (χ2v) is 9.54. The van der Waals surface area contributed by atoms with Crippen molar-refractivity contribution in [3.63, 3.8) is 0 Å². The predicted octanol–water partition coefficient (Wildman–Crippen LogP) is 6.04. The molecule has 4 aromatic rings. The second-order valence-electron chi connectivity index (χ2n) is 9.54. The molecule has 0 saturated carbocycles. The Bertz CT molecular complexity index is 1360. The van der Waals surface area contributed by atoms with E-state index in [1.54, 1.807) is 7.11 Å². The molecular weight excluding hydrogens is 450 g/mol. The van der Waals surface area contributed by atoms with Crippen LogP contribution in [0.1, 0.15) is 42.1 Å². The van der Waals surface area contributed by atoms with Crippen LogP contribution in [0.15, 0.2) is 66.7 Å². The highest BCUT2D eigenvalue weighted by atomic mass is 16.5. The molecule has 6 nitrogen and oxygen atoms in total. The summed E-state index contributed by atoms with van der Waals surface area (Å²) in [6, 6.07) is 22.2. The fraction of sp³-hybridized carbons (Fsp3) is 0.333. The number of fused-ring (bicyclic) bond motifs is 1. The van der Waals surface area contributed by atoms with E-state index in [1.165, 1.54) is 0 Å². The van der Waals surface area contributed by atoms with Crippen LogP contribution in [0.3, 0.4) is 0 Å². The molecule has 0 aliphatic carbocycles. The summed E-state index contributed by atoms with van der Waals surface area (Å²) >= 11 is 0. The summed E-state index contributed by atoms with van der Waals surface area (Å²) in [5.74, 6) is 2.91. The van der Waals surface area contributed by atoms with Crippen molar-refractivity contribution < 1.29 is 14.3 Å². The highest BCUT2D eigenvalue weighted by molar-refractivity contribution is 5.97. The Morgan fingerprint density at radius 3 is 2.56 bits per heavy atom. The molecule has 1 amide bonds. The molecule has 0 N–H and O–H groups in total. The van der Waals surface area contributed by atoms with Gasteiger partial charge in [-0.2, -0.15) is 0 Å². The average molecular weight is 484 g/mol. The Kier molecular flexibility index (Phi) is 6.94. The zero-order valence-electron chi connectivity index (χ0n) is 21.2. The van der Waals surface area contributed by atoms with Crippen molar-refractivity contribution in [2.45, 2.75) is 45.6 Å². The van der Waals surface area contributed by atoms with Gasteiger partial charge in [-0.25, -0.2) is 4.98 Å². The number of benzene rings is 3. The van der Waals surface area contributed by atoms with Crippen LogP contribution in [0.25, 0.3) is 11.0 Å². The lowest BCUT2D eigenvalue weighted by molar-refractivity contribution is -0.117. The second kappa shape index (κ2) is 10.4. The molecule has 186 valence electrons. The van der Waals surface area contributed by atoms with E-state index in [9.17, 15) is 4.79 Å². The van der Waals surface area contributed by atoms with Gasteiger partial charge < -0.3 is 18.9 Å². The molecule has 1 aliphatic heterocycles. The van der Waals surface area contributed by atoms with Crippen molar-refractivity contribution in [3.8, 4) is 11.5 Å². The van der Waals surface area contributed by atoms with Crippen LogP contribution in [-0.2, 0) is 11.3 Å². The molecule has 1 saturated heterocycles. The molecule has 1 aromatic heterocycles. The summed E-state index contributed by atoms with van der Waals surface area (Å²) in [6.07, 6.45) is 2.37. The Morgan fingerprint density at radius 1 is 0.972 bits per heavy atom. The SMILES string of the molecule is COc1ccc(OCCCCn2c(C3CC(=O)N(c4cc(C)ccc4C)C3)nc3ccccc32)cc1. The van der Waals surface area contributed by atoms with Crippen molar-refractivity contribution in [3.05, 3.63) is 83.7 Å². The number of anilines is 1. The summed E-state index contributed by atoms with van der Waals surface area (Å²) < 4.78 is 13.4. The molecule has 3 aromatic carbocycles. The van der Waals surface area contributed by atoms with Gasteiger partial charge in [0.15, 0.2) is 0 Å². The van der Waals surface area contributed by atoms with Gasteiger partial charge in [-0.15, -0.1) is 0 Å². The minimum absolute atomic E-state index is 0.0698. The van der Waals surface area contributed by atoms with E-state index in [4.69, 9.17) is 14.5 Å². The Hall–Kier alpha value is -3.80. The third kappa shape index (κ3) is 4.94. The normalized spacial score (nSPS) is 15.6. The molecule has 1 fully saturated rings. The number of hydrogen-bond acceptors (Lipinski definition) is 4. The first-order chi connectivity index (χ1) is 17.5. The number of aryl methyl sites for hydroxylation is 3. The van der Waals surface area contributed by atoms with Crippen LogP contribution in [0, 0.1) is 13.8 Å². The Balaban J connectivity index is 1.29. The number of nitrogens with zero attached hydrogens (tertiary/aromatic N) is 3. The van der Waals surface area contributed by atoms with Gasteiger partial charge in [0, 0.05) is 31.1 Å². The van der Waals surface area contributed by atoms with Crippen molar-refractivity contribution in [1.29, 1.82) is 0 Å². The maximum absolute atomic E-state index is 13.1. The van der Waals surface area contributed by atoms with Gasteiger partial charge in [-0.05, 0) is 80.3 Å². The van der Waals surface area contributed by atoms with Gasteiger partial charge in [-0.3, -0.25) is 4.79 Å². The Morgan fingerprint density at radius 2 is 1.75 bits per heavy atom. The van der Waals surface area contributed by atoms with Gasteiger partial charge in [0.2, 0.25) is 5.91 Å². The third-order valence-corrected chi connectivity index (χ3v) is 6.93. The molecule has 1 aliphatic rings. The van der Waals surface area contributed by atoms with Gasteiger partial charge >= 0.3 is 0 Å². The summed E-state index contributed by atoms with van der Waals surface area (Å²) in [7, 11) is 1.66. The van der Waals surface area contributed by atoms with E-state index >= 15 is 0 Å². The number of rotatable bonds is 9. The zero-order chi connectivity index (χ0) is 25.1. The molecule has 0 spiro atoms. The highest BCUT2D eigenvalue weighted by Crippen LogP contribution is 2.35. The summed E-state index contributed by atoms with van der Waals surface area (Å²) in [5.41, 5.74) is 5.41. The minimum atomic E-state index is 0.0698. The van der Waals surface area contributed by atoms with Gasteiger partial charge in [0.25, 0.3) is 0 Å². The van der Waals surface area contributed by atoms with Crippen LogP contribution >= 0.6 is 0 Å². The fourth-order valence-electron chi connectivity index (χ4n) is 5.00. The summed E-state index contributed by atoms with van der Waals surface area (Å²) in [5, 5.41) is 0. The quantitative estimate of drug-likeness (QED) is 0.272. The number of amides is 1. The number of aromatic nitrogens is 2. The molecule has 0 radical (unpaired) electrons. The van der Waals surface area contributed by atoms with Gasteiger partial charge in [0.1, 0.15) is 17.3 Å². The summed E-state index contributed by atoms with van der Waals surface area (Å²) in [6.45, 7) is 6.29. The standard InChI is InChI=1S/C30H33N3O3/c1-21-10-11-22(2)28(18-21)33-20-23(19-29(33)34)30-31-26-8-4-5-9-27(26)32(30)16-6-7-17-36-25-14-12-24(35-3)13-15-25/h4-5,8-15,18,23H,6-7,16-17,19-20H2,1-3H3. The monoisotopic (exact) mass is 483 g/mol. The van der Waals surface area contributed by atoms with Crippen molar-refractivity contribution in [2.75, 3.05) is 25.2 Å². The third-order valence-electron chi connectivity index (χ3n) is 6.93. The molecule has 1 unspecified atom stereocenters. The van der Waals surface area contributed by atoms with Gasteiger partial charge in [0.05, 0.1) is 24.8 Å². The fourth-order valence-corrected chi connectivity index (χ4v) is 5.00. The van der Waals surface area contributed by atoms with E-state index < -0.39 is 0 Å². The smallest absolute Gasteiger partial charge is 0.227 e. The van der Waals surface area contributed by atoms with Crippen molar-refractivity contribution >= 4 is 22.6 Å². The number of methoxy groups -OCH3 is 1. The Labute approximate surface area is 212 Å². The molecule has 0 bridgehead atoms. The first-order valence-electron chi connectivity index (χ1n) is 12.6. The van der Waals surface area contributed by atoms with E-state index in [0.29, 0.717) is 19.6 Å². The number of carbonyl (C=O) groups is 1. The van der Waals surface area contributed by atoms with Crippen LogP contribution in [0.5, 0.6) is 11.5 Å². The van der Waals surface area contributed by atoms with Crippen LogP contribution in [0.2, 0.25) is 0 Å². The topological polar surface area (TPSA) is 56.6 Å². The first-order valence-corrected chi connectivity index (χ1v) is 12.6. The van der Waals surface area contributed by atoms with E-state index in [0.717, 1.165) is 64.6 Å². The van der Waals surface area contributed by atoms with Crippen molar-refractivity contribution in [1.82, 2.24) is 9.55 Å². The van der Waals surface area contributed by atoms with E-state index in [-0.39, 0.29) is 11.8 Å². The molecule has 1 atom stereocenters. The lowest BCUT2D eigenvalue weighted by Gasteiger charge is -2.20. The molecule has 36 heavy (non-hydrogen) atoms. The first kappa shape index (κ1) is 23.9. The average Bonchev–Trinajstić information content (AvgIpc) is 3.46. The van der Waals surface area contributed by atoms with Crippen LogP contribution in [-0.4, -0.2) is 35.7 Å². The number of carbonyl (C=O) groups excluding carboxylic acids is 1. The number of hydrogen-bond donors (Lipinski definition) is 0. The van der Waals surface area contributed by atoms with Crippen LogP contribution < -0.4 is 14.4 Å². The minimum Gasteiger partial charge on any atom is -0.497 e. The van der Waals surface area contributed by atoms with E-state index in [1.807, 2.05) is 35.2 Å². The molecule has 6 heteroatoms. The number of para-hydroxylation sites is 2. The molecule has 5 rings (SSSR count). The van der Waals surface area contributed by atoms with Gasteiger partial charge in [-0.1, -0.05) is 24.3 Å².